The van der Waals surface area contributed by atoms with Crippen molar-refractivity contribution < 1.29 is 0 Å². The fourth-order valence-electron chi connectivity index (χ4n) is 5.75. The average Bonchev–Trinajstić information content (AvgIpc) is 3.17. The van der Waals surface area contributed by atoms with Crippen LogP contribution in [-0.4, -0.2) is 12.8 Å². The van der Waals surface area contributed by atoms with E-state index in [1.165, 1.54) is 27.5 Å². The van der Waals surface area contributed by atoms with Gasteiger partial charge in [-0.15, -0.1) is 0 Å². The molecule has 1 fully saturated rings. The normalized spacial score (nSPS) is 24.2. The van der Waals surface area contributed by atoms with Crippen molar-refractivity contribution >= 4 is 45.9 Å². The maximum absolute atomic E-state index is 6.44. The van der Waals surface area contributed by atoms with Gasteiger partial charge in [0.1, 0.15) is 0 Å². The van der Waals surface area contributed by atoms with Crippen LogP contribution in [0.15, 0.2) is 89.9 Å². The van der Waals surface area contributed by atoms with Gasteiger partial charge in [-0.2, -0.15) is 0 Å². The zero-order valence-corrected chi connectivity index (χ0v) is 18.9. The van der Waals surface area contributed by atoms with E-state index in [9.17, 15) is 0 Å². The summed E-state index contributed by atoms with van der Waals surface area (Å²) in [6, 6.07) is 29.7. The molecule has 1 spiro atoms. The molecule has 0 unspecified atom stereocenters. The van der Waals surface area contributed by atoms with Crippen molar-refractivity contribution in [2.45, 2.75) is 23.8 Å². The SMILES string of the molecule is Clc1cccc([C@@H]2CCN[C@H](c3cccc4ccccc34)[C@@]23C=Nc2cc(Cl)ccc23)c1. The van der Waals surface area contributed by atoms with E-state index >= 15 is 0 Å². The molecule has 0 bridgehead atoms. The minimum Gasteiger partial charge on any atom is -0.309 e. The molecule has 2 nitrogen and oxygen atoms in total. The van der Waals surface area contributed by atoms with Crippen LogP contribution in [0, 0.1) is 0 Å². The zero-order chi connectivity index (χ0) is 21.7. The van der Waals surface area contributed by atoms with E-state index in [4.69, 9.17) is 28.2 Å². The van der Waals surface area contributed by atoms with E-state index in [2.05, 4.69) is 78.3 Å². The van der Waals surface area contributed by atoms with Gasteiger partial charge in [-0.1, -0.05) is 83.9 Å². The number of fused-ring (bicyclic) bond motifs is 3. The molecule has 32 heavy (non-hydrogen) atoms. The van der Waals surface area contributed by atoms with Gasteiger partial charge in [-0.25, -0.2) is 0 Å². The summed E-state index contributed by atoms with van der Waals surface area (Å²) < 4.78 is 0. The topological polar surface area (TPSA) is 24.4 Å². The molecule has 4 heteroatoms. The predicted molar refractivity (Wildman–Crippen MR) is 135 cm³/mol. The molecule has 4 aromatic rings. The smallest absolute Gasteiger partial charge is 0.0683 e. The van der Waals surface area contributed by atoms with E-state index in [-0.39, 0.29) is 17.4 Å². The Hall–Kier alpha value is -2.65. The van der Waals surface area contributed by atoms with Gasteiger partial charge in [0.05, 0.1) is 11.1 Å². The maximum atomic E-state index is 6.44. The standard InChI is InChI=1S/C28H22Cl2N2/c29-20-8-3-7-19(15-20)24-13-14-31-27(23-10-4-6-18-5-1-2-9-22(18)23)28(24)17-32-26-16-21(30)11-12-25(26)28/h1-12,15-17,24,27,31H,13-14H2/t24-,27+,28-/m0/s1. The monoisotopic (exact) mass is 456 g/mol. The lowest BCUT2D eigenvalue weighted by Gasteiger charge is -2.47. The first-order valence-corrected chi connectivity index (χ1v) is 11.7. The Balaban J connectivity index is 1.62. The summed E-state index contributed by atoms with van der Waals surface area (Å²) in [6.07, 6.45) is 3.16. The van der Waals surface area contributed by atoms with E-state index in [0.717, 1.165) is 23.7 Å². The molecule has 2 heterocycles. The highest BCUT2D eigenvalue weighted by molar-refractivity contribution is 6.31. The van der Waals surface area contributed by atoms with Crippen LogP contribution in [0.1, 0.15) is 35.1 Å². The summed E-state index contributed by atoms with van der Waals surface area (Å²) in [5, 5.41) is 7.87. The molecule has 158 valence electrons. The van der Waals surface area contributed by atoms with Crippen molar-refractivity contribution in [1.82, 2.24) is 5.32 Å². The summed E-state index contributed by atoms with van der Waals surface area (Å²) in [6.45, 7) is 0.920. The van der Waals surface area contributed by atoms with Crippen LogP contribution in [0.4, 0.5) is 5.69 Å². The number of benzene rings is 4. The van der Waals surface area contributed by atoms with Crippen molar-refractivity contribution in [3.05, 3.63) is 112 Å². The molecule has 4 aromatic carbocycles. The van der Waals surface area contributed by atoms with Crippen LogP contribution in [0.2, 0.25) is 10.0 Å². The number of hydrogen-bond donors (Lipinski definition) is 1. The molecule has 0 saturated carbocycles. The molecular weight excluding hydrogens is 435 g/mol. The number of halogens is 2. The summed E-state index contributed by atoms with van der Waals surface area (Å²) in [5.41, 5.74) is 4.38. The van der Waals surface area contributed by atoms with E-state index in [1.807, 2.05) is 18.2 Å². The molecule has 0 aromatic heterocycles. The van der Waals surface area contributed by atoms with Crippen LogP contribution in [0.3, 0.4) is 0 Å². The van der Waals surface area contributed by atoms with Crippen LogP contribution in [-0.2, 0) is 5.41 Å². The van der Waals surface area contributed by atoms with Crippen LogP contribution in [0.5, 0.6) is 0 Å². The van der Waals surface area contributed by atoms with E-state index in [0.29, 0.717) is 5.02 Å². The van der Waals surface area contributed by atoms with Crippen molar-refractivity contribution in [1.29, 1.82) is 0 Å². The third-order valence-electron chi connectivity index (χ3n) is 7.06. The predicted octanol–water partition coefficient (Wildman–Crippen LogP) is 7.62. The van der Waals surface area contributed by atoms with E-state index < -0.39 is 0 Å². The van der Waals surface area contributed by atoms with Crippen molar-refractivity contribution in [2.75, 3.05) is 6.54 Å². The molecule has 2 aliphatic rings. The van der Waals surface area contributed by atoms with Gasteiger partial charge in [0.15, 0.2) is 0 Å². The number of nitrogens with one attached hydrogen (secondary N) is 1. The van der Waals surface area contributed by atoms with Crippen LogP contribution < -0.4 is 5.32 Å². The highest BCUT2D eigenvalue weighted by atomic mass is 35.5. The van der Waals surface area contributed by atoms with Gasteiger partial charge in [-0.05, 0) is 64.7 Å². The number of piperidine rings is 1. The van der Waals surface area contributed by atoms with Crippen molar-refractivity contribution in [3.63, 3.8) is 0 Å². The molecule has 6 rings (SSSR count). The van der Waals surface area contributed by atoms with Gasteiger partial charge >= 0.3 is 0 Å². The Morgan fingerprint density at radius 2 is 1.66 bits per heavy atom. The molecular formula is C28H22Cl2N2. The van der Waals surface area contributed by atoms with Crippen molar-refractivity contribution in [2.24, 2.45) is 4.99 Å². The Bertz CT molecular complexity index is 1360. The highest BCUT2D eigenvalue weighted by Gasteiger charge is 2.52. The maximum Gasteiger partial charge on any atom is 0.0683 e. The summed E-state index contributed by atoms with van der Waals surface area (Å²) in [5.74, 6) is 0.234. The van der Waals surface area contributed by atoms with Gasteiger partial charge in [0.2, 0.25) is 0 Å². The second-order valence-electron chi connectivity index (χ2n) is 8.70. The third-order valence-corrected chi connectivity index (χ3v) is 7.53. The number of hydrogen-bond acceptors (Lipinski definition) is 2. The number of rotatable bonds is 2. The Kier molecular flexibility index (Phi) is 4.83. The molecule has 2 aliphatic heterocycles. The van der Waals surface area contributed by atoms with E-state index in [1.54, 1.807) is 0 Å². The Labute approximate surface area is 197 Å². The quantitative estimate of drug-likeness (QED) is 0.329. The highest BCUT2D eigenvalue weighted by Crippen LogP contribution is 2.56. The average molecular weight is 457 g/mol. The fourth-order valence-corrected chi connectivity index (χ4v) is 6.11. The molecule has 1 saturated heterocycles. The molecule has 0 amide bonds. The minimum absolute atomic E-state index is 0.0671. The van der Waals surface area contributed by atoms with Crippen LogP contribution in [0.25, 0.3) is 10.8 Å². The Morgan fingerprint density at radius 1 is 0.844 bits per heavy atom. The summed E-state index contributed by atoms with van der Waals surface area (Å²) in [7, 11) is 0. The minimum atomic E-state index is -0.340. The third kappa shape index (κ3) is 3.02. The lowest BCUT2D eigenvalue weighted by molar-refractivity contribution is 0.271. The van der Waals surface area contributed by atoms with Gasteiger partial charge < -0.3 is 5.32 Å². The van der Waals surface area contributed by atoms with Crippen molar-refractivity contribution in [3.8, 4) is 0 Å². The van der Waals surface area contributed by atoms with Gasteiger partial charge in [0, 0.05) is 28.2 Å². The molecule has 0 radical (unpaired) electrons. The van der Waals surface area contributed by atoms with Crippen LogP contribution >= 0.6 is 23.2 Å². The molecule has 1 N–H and O–H groups in total. The first-order valence-electron chi connectivity index (χ1n) is 11.0. The second-order valence-corrected chi connectivity index (χ2v) is 9.58. The molecule has 0 aliphatic carbocycles. The van der Waals surface area contributed by atoms with Gasteiger partial charge in [-0.3, -0.25) is 4.99 Å². The summed E-state index contributed by atoms with van der Waals surface area (Å²) >= 11 is 12.8. The first-order chi connectivity index (χ1) is 15.7. The lowest BCUT2D eigenvalue weighted by atomic mass is 9.60. The zero-order valence-electron chi connectivity index (χ0n) is 17.4. The number of nitrogens with zero attached hydrogens (tertiary/aromatic N) is 1. The first kappa shape index (κ1) is 20.0. The molecule has 3 atom stereocenters. The Morgan fingerprint density at radius 3 is 2.56 bits per heavy atom. The number of aliphatic imine (C=N–C) groups is 1. The lowest BCUT2D eigenvalue weighted by Crippen LogP contribution is -2.51. The second kappa shape index (κ2) is 7.74. The summed E-state index contributed by atoms with van der Waals surface area (Å²) in [4.78, 5) is 4.91. The fraction of sp³-hybridized carbons (Fsp3) is 0.179. The largest absolute Gasteiger partial charge is 0.309 e. The van der Waals surface area contributed by atoms with Gasteiger partial charge in [0.25, 0.3) is 0 Å².